The maximum Gasteiger partial charge on any atom is 0.415 e. The molecule has 13 nitrogen and oxygen atoms in total. The monoisotopic (exact) mass is 552 g/mol. The normalized spacial score (nSPS) is 19.6. The Hall–Kier alpha value is -4.41. The number of hydrogen-bond acceptors (Lipinski definition) is 10. The number of pyridine rings is 1. The fraction of sp³-hybridized carbons (Fsp3) is 0.444. The van der Waals surface area contributed by atoms with Crippen molar-refractivity contribution in [2.45, 2.75) is 38.3 Å². The van der Waals surface area contributed by atoms with E-state index >= 15 is 0 Å². The third kappa shape index (κ3) is 6.77. The first-order valence-electron chi connectivity index (χ1n) is 13.0. The topological polar surface area (TPSA) is 189 Å². The zero-order chi connectivity index (χ0) is 28.6. The number of fused-ring (bicyclic) bond motifs is 2. The van der Waals surface area contributed by atoms with Gasteiger partial charge in [-0.2, -0.15) is 5.26 Å². The van der Waals surface area contributed by atoms with E-state index in [0.717, 1.165) is 24.9 Å². The molecule has 3 heterocycles. The molecule has 0 saturated carbocycles. The molecule has 5 rings (SSSR count). The van der Waals surface area contributed by atoms with Crippen LogP contribution in [0.1, 0.15) is 30.0 Å². The van der Waals surface area contributed by atoms with Crippen LogP contribution in [0.2, 0.25) is 0 Å². The minimum atomic E-state index is -0.460. The van der Waals surface area contributed by atoms with E-state index in [-0.39, 0.29) is 31.1 Å². The molecule has 2 aromatic rings. The van der Waals surface area contributed by atoms with Crippen LogP contribution in [0.15, 0.2) is 24.3 Å². The van der Waals surface area contributed by atoms with Gasteiger partial charge in [0.15, 0.2) is 18.2 Å². The highest BCUT2D eigenvalue weighted by Gasteiger charge is 2.34. The number of ether oxygens (including phenoxy) is 3. The summed E-state index contributed by atoms with van der Waals surface area (Å²) in [5, 5.41) is 22.7. The first-order chi connectivity index (χ1) is 19.3. The molecule has 0 radical (unpaired) electrons. The van der Waals surface area contributed by atoms with Crippen molar-refractivity contribution in [3.05, 3.63) is 41.0 Å². The number of carboxylic acid groups (broad SMARTS) is 1. The number of hydrogen-bond donors (Lipinski definition) is 4. The number of cyclic esters (lactones) is 1. The Morgan fingerprint density at radius 2 is 2.15 bits per heavy atom. The standard InChI is InChI=1S/C26H30N6O5.CH2O2/c1-15(28)13-35-21-3-2-17-8-16(9-19(17)20(21)10-27)11-29-7-6-18-12-32(26(34)37-18)23-5-4-22-25(30-23)31-24(33)14-36-22;2-1-3/h2-5,15-16,18,29H,6-9,11-14,28H2,1H3,(H,30,31,33);1H,(H,2,3). The van der Waals surface area contributed by atoms with Crippen molar-refractivity contribution in [1.29, 1.82) is 5.26 Å². The van der Waals surface area contributed by atoms with Crippen molar-refractivity contribution in [3.63, 3.8) is 0 Å². The van der Waals surface area contributed by atoms with E-state index in [2.05, 4.69) is 21.7 Å². The van der Waals surface area contributed by atoms with Gasteiger partial charge in [0.1, 0.15) is 30.3 Å². The average Bonchev–Trinajstić information content (AvgIpc) is 3.52. The average molecular weight is 553 g/mol. The van der Waals surface area contributed by atoms with Gasteiger partial charge in [0.25, 0.3) is 12.4 Å². The van der Waals surface area contributed by atoms with Gasteiger partial charge in [-0.25, -0.2) is 9.78 Å². The van der Waals surface area contributed by atoms with E-state index in [1.54, 1.807) is 12.1 Å². The second kappa shape index (κ2) is 13.1. The van der Waals surface area contributed by atoms with Gasteiger partial charge >= 0.3 is 6.09 Å². The molecule has 212 valence electrons. The van der Waals surface area contributed by atoms with Crippen LogP contribution < -0.4 is 30.7 Å². The molecule has 1 aliphatic carbocycles. The van der Waals surface area contributed by atoms with Crippen molar-refractivity contribution in [1.82, 2.24) is 10.3 Å². The molecule has 2 amide bonds. The SMILES string of the molecule is CC(N)COc1ccc2c(c1C#N)CC(CNCCC1CN(c3ccc4c(n3)NC(=O)CO4)C(=O)O1)C2.O=CO. The van der Waals surface area contributed by atoms with E-state index in [9.17, 15) is 14.9 Å². The molecule has 3 unspecified atom stereocenters. The molecule has 1 aromatic heterocycles. The maximum atomic E-state index is 12.4. The molecule has 1 aromatic carbocycles. The number of nitrogens with one attached hydrogen (secondary N) is 2. The summed E-state index contributed by atoms with van der Waals surface area (Å²) >= 11 is 0. The molecule has 0 spiro atoms. The predicted octanol–water partition coefficient (Wildman–Crippen LogP) is 1.43. The van der Waals surface area contributed by atoms with Crippen LogP contribution >= 0.6 is 0 Å². The van der Waals surface area contributed by atoms with Crippen LogP contribution in [0.3, 0.4) is 0 Å². The van der Waals surface area contributed by atoms with Gasteiger partial charge in [-0.3, -0.25) is 14.5 Å². The Balaban J connectivity index is 0.00000118. The third-order valence-corrected chi connectivity index (χ3v) is 6.67. The summed E-state index contributed by atoms with van der Waals surface area (Å²) in [4.78, 5) is 38.2. The van der Waals surface area contributed by atoms with Gasteiger partial charge in [-0.05, 0) is 74.5 Å². The van der Waals surface area contributed by atoms with Gasteiger partial charge in [-0.15, -0.1) is 0 Å². The second-order valence-corrected chi connectivity index (χ2v) is 9.82. The molecule has 2 aliphatic heterocycles. The summed E-state index contributed by atoms with van der Waals surface area (Å²) in [6.45, 7) is 3.80. The molecule has 13 heteroatoms. The van der Waals surface area contributed by atoms with Gasteiger partial charge in [0.05, 0.1) is 12.1 Å². The van der Waals surface area contributed by atoms with E-state index in [4.69, 9.17) is 29.8 Å². The van der Waals surface area contributed by atoms with Crippen LogP contribution in [0, 0.1) is 17.2 Å². The Morgan fingerprint density at radius 1 is 1.35 bits per heavy atom. The third-order valence-electron chi connectivity index (χ3n) is 6.67. The van der Waals surface area contributed by atoms with Gasteiger partial charge in [-0.1, -0.05) is 6.07 Å². The minimum absolute atomic E-state index is 0.0507. The number of carbonyl (C=O) groups excluding carboxylic acids is 2. The quantitative estimate of drug-likeness (QED) is 0.260. The smallest absolute Gasteiger partial charge is 0.415 e. The molecular formula is C27H32N6O7. The van der Waals surface area contributed by atoms with Gasteiger partial charge in [0, 0.05) is 6.04 Å². The van der Waals surface area contributed by atoms with Crippen LogP contribution in [0.4, 0.5) is 16.4 Å². The Bertz CT molecular complexity index is 1290. The molecule has 1 saturated heterocycles. The number of nitrogens with zero attached hydrogens (tertiary/aromatic N) is 3. The number of amides is 2. The fourth-order valence-corrected chi connectivity index (χ4v) is 4.91. The van der Waals surface area contributed by atoms with Crippen LogP contribution in [-0.4, -0.2) is 73.6 Å². The zero-order valence-electron chi connectivity index (χ0n) is 22.1. The Morgan fingerprint density at radius 3 is 2.90 bits per heavy atom. The molecule has 0 bridgehead atoms. The fourth-order valence-electron chi connectivity index (χ4n) is 4.91. The summed E-state index contributed by atoms with van der Waals surface area (Å²) in [6.07, 6.45) is 1.65. The lowest BCUT2D eigenvalue weighted by Gasteiger charge is -2.19. The van der Waals surface area contributed by atoms with Crippen LogP contribution in [-0.2, 0) is 27.2 Å². The lowest BCUT2D eigenvalue weighted by molar-refractivity contribution is -0.123. The summed E-state index contributed by atoms with van der Waals surface area (Å²) in [5.41, 5.74) is 8.65. The Labute approximate surface area is 231 Å². The van der Waals surface area contributed by atoms with E-state index in [0.29, 0.717) is 60.7 Å². The first kappa shape index (κ1) is 28.6. The summed E-state index contributed by atoms with van der Waals surface area (Å²) in [5.74, 6) is 1.88. The van der Waals surface area contributed by atoms with E-state index < -0.39 is 6.09 Å². The van der Waals surface area contributed by atoms with Gasteiger partial charge < -0.3 is 35.7 Å². The van der Waals surface area contributed by atoms with Crippen molar-refractivity contribution in [2.75, 3.05) is 43.1 Å². The molecule has 5 N–H and O–H groups in total. The number of rotatable bonds is 9. The van der Waals surface area contributed by atoms with Crippen molar-refractivity contribution >= 4 is 30.1 Å². The molecular weight excluding hydrogens is 520 g/mol. The molecule has 3 atom stereocenters. The number of nitriles is 1. The number of nitrogens with two attached hydrogens (primary N) is 1. The highest BCUT2D eigenvalue weighted by Crippen LogP contribution is 2.34. The van der Waals surface area contributed by atoms with Crippen molar-refractivity contribution in [3.8, 4) is 17.6 Å². The van der Waals surface area contributed by atoms with E-state index in [1.165, 1.54) is 10.5 Å². The molecule has 3 aliphatic rings. The molecule has 40 heavy (non-hydrogen) atoms. The number of benzene rings is 1. The van der Waals surface area contributed by atoms with Gasteiger partial charge in [0.2, 0.25) is 0 Å². The summed E-state index contributed by atoms with van der Waals surface area (Å²) in [7, 11) is 0. The maximum absolute atomic E-state index is 12.4. The first-order valence-corrected chi connectivity index (χ1v) is 13.0. The number of anilines is 2. The van der Waals surface area contributed by atoms with Crippen molar-refractivity contribution < 1.29 is 33.7 Å². The second-order valence-electron chi connectivity index (χ2n) is 9.82. The summed E-state index contributed by atoms with van der Waals surface area (Å²) < 4.78 is 16.6. The lowest BCUT2D eigenvalue weighted by atomic mass is 10.0. The summed E-state index contributed by atoms with van der Waals surface area (Å²) in [6, 6.07) is 9.49. The largest absolute Gasteiger partial charge is 0.491 e. The number of carbonyl (C=O) groups is 3. The van der Waals surface area contributed by atoms with E-state index in [1.807, 2.05) is 19.1 Å². The van der Waals surface area contributed by atoms with Crippen LogP contribution in [0.25, 0.3) is 0 Å². The van der Waals surface area contributed by atoms with Crippen molar-refractivity contribution in [2.24, 2.45) is 11.7 Å². The minimum Gasteiger partial charge on any atom is -0.491 e. The predicted molar refractivity (Wildman–Crippen MR) is 143 cm³/mol. The lowest BCUT2D eigenvalue weighted by Crippen LogP contribution is -2.30. The molecule has 1 fully saturated rings. The highest BCUT2D eigenvalue weighted by molar-refractivity contribution is 5.95. The Kier molecular flexibility index (Phi) is 9.36. The number of aromatic nitrogens is 1. The zero-order valence-corrected chi connectivity index (χ0v) is 22.1. The highest BCUT2D eigenvalue weighted by atomic mass is 16.6. The van der Waals surface area contributed by atoms with Crippen LogP contribution in [0.5, 0.6) is 11.5 Å².